The Bertz CT molecular complexity index is 481. The van der Waals surface area contributed by atoms with Gasteiger partial charge in [0.05, 0.1) is 6.04 Å². The Kier molecular flexibility index (Phi) is 6.37. The maximum atomic E-state index is 11.8. The third-order valence-corrected chi connectivity index (χ3v) is 3.05. The molecule has 0 aliphatic rings. The number of hydrogen-bond acceptors (Lipinski definition) is 3. The highest BCUT2D eigenvalue weighted by molar-refractivity contribution is 5.95. The quantitative estimate of drug-likeness (QED) is 0.753. The molecule has 1 atom stereocenters. The minimum atomic E-state index is -0.532. The maximum absolute atomic E-state index is 11.8. The van der Waals surface area contributed by atoms with Gasteiger partial charge >= 0.3 is 0 Å². The predicted octanol–water partition coefficient (Wildman–Crippen LogP) is 2.59. The van der Waals surface area contributed by atoms with Crippen LogP contribution >= 0.6 is 0 Å². The molecule has 0 saturated carbocycles. The first-order chi connectivity index (χ1) is 9.79. The molecule has 0 saturated heterocycles. The summed E-state index contributed by atoms with van der Waals surface area (Å²) in [6, 6.07) is 6.48. The molecule has 1 unspecified atom stereocenters. The highest BCUT2D eigenvalue weighted by atomic mass is 16.2. The van der Waals surface area contributed by atoms with E-state index < -0.39 is 6.04 Å². The summed E-state index contributed by atoms with van der Waals surface area (Å²) in [5.41, 5.74) is 7.16. The molecular formula is C16H25N3O2. The minimum absolute atomic E-state index is 0.0105. The zero-order chi connectivity index (χ0) is 16.0. The van der Waals surface area contributed by atoms with Crippen molar-refractivity contribution in [1.29, 1.82) is 0 Å². The van der Waals surface area contributed by atoms with Crippen LogP contribution in [0, 0.1) is 11.8 Å². The first-order valence-corrected chi connectivity index (χ1v) is 7.26. The molecule has 1 rings (SSSR count). The van der Waals surface area contributed by atoms with Gasteiger partial charge in [0.15, 0.2) is 0 Å². The van der Waals surface area contributed by atoms with Crippen molar-refractivity contribution in [2.75, 3.05) is 10.6 Å². The summed E-state index contributed by atoms with van der Waals surface area (Å²) in [5, 5.41) is 5.58. The van der Waals surface area contributed by atoms with Crippen LogP contribution in [-0.2, 0) is 9.59 Å². The van der Waals surface area contributed by atoms with Crippen molar-refractivity contribution in [2.24, 2.45) is 17.6 Å². The van der Waals surface area contributed by atoms with E-state index in [1.54, 1.807) is 24.3 Å². The monoisotopic (exact) mass is 291 g/mol. The molecule has 5 heteroatoms. The Morgan fingerprint density at radius 2 is 1.48 bits per heavy atom. The van der Waals surface area contributed by atoms with E-state index in [-0.39, 0.29) is 17.7 Å². The van der Waals surface area contributed by atoms with Gasteiger partial charge in [0.25, 0.3) is 0 Å². The van der Waals surface area contributed by atoms with Crippen molar-refractivity contribution in [2.45, 2.75) is 40.2 Å². The van der Waals surface area contributed by atoms with E-state index in [9.17, 15) is 9.59 Å². The van der Waals surface area contributed by atoms with Crippen LogP contribution in [0.5, 0.6) is 0 Å². The average molecular weight is 291 g/mol. The lowest BCUT2D eigenvalue weighted by Gasteiger charge is -2.15. The molecule has 0 fully saturated rings. The maximum Gasteiger partial charge on any atom is 0.241 e. The van der Waals surface area contributed by atoms with Crippen LogP contribution in [0.25, 0.3) is 0 Å². The molecule has 1 aromatic rings. The largest absolute Gasteiger partial charge is 0.326 e. The number of nitrogens with one attached hydrogen (secondary N) is 2. The molecule has 4 N–H and O–H groups in total. The van der Waals surface area contributed by atoms with Gasteiger partial charge < -0.3 is 16.4 Å². The van der Waals surface area contributed by atoms with Crippen LogP contribution in [0.2, 0.25) is 0 Å². The molecule has 0 aliphatic carbocycles. The number of carbonyl (C=O) groups is 2. The van der Waals surface area contributed by atoms with Gasteiger partial charge in [-0.15, -0.1) is 0 Å². The Morgan fingerprint density at radius 1 is 1.00 bits per heavy atom. The zero-order valence-corrected chi connectivity index (χ0v) is 13.1. The van der Waals surface area contributed by atoms with Gasteiger partial charge in [-0.25, -0.2) is 0 Å². The van der Waals surface area contributed by atoms with Crippen molar-refractivity contribution in [3.8, 4) is 0 Å². The molecule has 0 bridgehead atoms. The lowest BCUT2D eigenvalue weighted by molar-refractivity contribution is -0.118. The molecule has 0 aromatic heterocycles. The summed E-state index contributed by atoms with van der Waals surface area (Å²) >= 11 is 0. The molecule has 0 heterocycles. The Balaban J connectivity index is 2.58. The lowest BCUT2D eigenvalue weighted by atomic mass is 10.0. The number of carbonyl (C=O) groups excluding carboxylic acids is 2. The van der Waals surface area contributed by atoms with Crippen LogP contribution < -0.4 is 16.4 Å². The van der Waals surface area contributed by atoms with E-state index in [1.165, 1.54) is 0 Å². The second kappa shape index (κ2) is 7.78. The van der Waals surface area contributed by atoms with E-state index in [4.69, 9.17) is 5.73 Å². The van der Waals surface area contributed by atoms with Crippen LogP contribution in [0.15, 0.2) is 24.3 Å². The molecule has 1 aromatic carbocycles. The highest BCUT2D eigenvalue weighted by Crippen LogP contribution is 2.15. The summed E-state index contributed by atoms with van der Waals surface area (Å²) < 4.78 is 0. The Labute approximate surface area is 126 Å². The zero-order valence-electron chi connectivity index (χ0n) is 13.1. The standard InChI is InChI=1S/C16H25N3O2/c1-10(2)9-14(20)18-12-5-7-13(8-6-12)19-16(21)15(17)11(3)4/h5-8,10-11,15H,9,17H2,1-4H3,(H,18,20)(H,19,21). The van der Waals surface area contributed by atoms with Gasteiger partial charge in [-0.3, -0.25) is 9.59 Å². The van der Waals surface area contributed by atoms with Crippen LogP contribution in [0.1, 0.15) is 34.1 Å². The highest BCUT2D eigenvalue weighted by Gasteiger charge is 2.17. The first-order valence-electron chi connectivity index (χ1n) is 7.26. The summed E-state index contributed by atoms with van der Waals surface area (Å²) in [4.78, 5) is 23.5. The van der Waals surface area contributed by atoms with Gasteiger partial charge in [-0.05, 0) is 36.1 Å². The Hall–Kier alpha value is -1.88. The predicted molar refractivity (Wildman–Crippen MR) is 86.0 cm³/mol. The number of hydrogen-bond donors (Lipinski definition) is 3. The van der Waals surface area contributed by atoms with E-state index in [2.05, 4.69) is 10.6 Å². The SMILES string of the molecule is CC(C)CC(=O)Nc1ccc(NC(=O)C(N)C(C)C)cc1. The lowest BCUT2D eigenvalue weighted by Crippen LogP contribution is -2.39. The van der Waals surface area contributed by atoms with Crippen LogP contribution in [0.4, 0.5) is 11.4 Å². The van der Waals surface area contributed by atoms with E-state index in [0.29, 0.717) is 23.7 Å². The van der Waals surface area contributed by atoms with Crippen molar-refractivity contribution >= 4 is 23.2 Å². The fourth-order valence-corrected chi connectivity index (χ4v) is 1.75. The molecule has 0 radical (unpaired) electrons. The van der Waals surface area contributed by atoms with Crippen LogP contribution in [0.3, 0.4) is 0 Å². The molecular weight excluding hydrogens is 266 g/mol. The fraction of sp³-hybridized carbons (Fsp3) is 0.500. The van der Waals surface area contributed by atoms with Gasteiger partial charge in [0.1, 0.15) is 0 Å². The Morgan fingerprint density at radius 3 is 1.90 bits per heavy atom. The summed E-state index contributed by atoms with van der Waals surface area (Å²) in [7, 11) is 0. The topological polar surface area (TPSA) is 84.2 Å². The normalized spacial score (nSPS) is 12.3. The van der Waals surface area contributed by atoms with E-state index in [1.807, 2.05) is 27.7 Å². The molecule has 116 valence electrons. The summed E-state index contributed by atoms with van der Waals surface area (Å²) in [5.74, 6) is 0.186. The number of benzene rings is 1. The fourth-order valence-electron chi connectivity index (χ4n) is 1.75. The van der Waals surface area contributed by atoms with Gasteiger partial charge in [-0.1, -0.05) is 27.7 Å². The molecule has 5 nitrogen and oxygen atoms in total. The van der Waals surface area contributed by atoms with Crippen molar-refractivity contribution in [3.05, 3.63) is 24.3 Å². The van der Waals surface area contributed by atoms with Crippen molar-refractivity contribution in [1.82, 2.24) is 0 Å². The number of amides is 2. The second-order valence-electron chi connectivity index (χ2n) is 5.98. The first kappa shape index (κ1) is 17.2. The number of anilines is 2. The summed E-state index contributed by atoms with van der Waals surface area (Å²) in [6.07, 6.45) is 0.488. The molecule has 2 amide bonds. The smallest absolute Gasteiger partial charge is 0.241 e. The van der Waals surface area contributed by atoms with Crippen molar-refractivity contribution < 1.29 is 9.59 Å². The van der Waals surface area contributed by atoms with E-state index in [0.717, 1.165) is 0 Å². The summed E-state index contributed by atoms with van der Waals surface area (Å²) in [6.45, 7) is 7.79. The van der Waals surface area contributed by atoms with Crippen molar-refractivity contribution in [3.63, 3.8) is 0 Å². The average Bonchev–Trinajstić information content (AvgIpc) is 2.38. The third-order valence-electron chi connectivity index (χ3n) is 3.05. The third kappa shape index (κ3) is 5.95. The number of nitrogens with two attached hydrogens (primary N) is 1. The molecule has 21 heavy (non-hydrogen) atoms. The second-order valence-corrected chi connectivity index (χ2v) is 5.98. The van der Waals surface area contributed by atoms with Gasteiger partial charge in [0, 0.05) is 17.8 Å². The van der Waals surface area contributed by atoms with Gasteiger partial charge in [-0.2, -0.15) is 0 Å². The van der Waals surface area contributed by atoms with Gasteiger partial charge in [0.2, 0.25) is 11.8 Å². The van der Waals surface area contributed by atoms with E-state index >= 15 is 0 Å². The number of rotatable bonds is 6. The molecule has 0 aliphatic heterocycles. The van der Waals surface area contributed by atoms with Crippen LogP contribution in [-0.4, -0.2) is 17.9 Å². The minimum Gasteiger partial charge on any atom is -0.326 e. The molecule has 0 spiro atoms.